The molecule has 3 heteroatoms. The third kappa shape index (κ3) is 0.940. The summed E-state index contributed by atoms with van der Waals surface area (Å²) >= 11 is 3.53. The van der Waals surface area contributed by atoms with E-state index in [1.165, 1.54) is 0 Å². The van der Waals surface area contributed by atoms with Crippen molar-refractivity contribution in [3.63, 3.8) is 0 Å². The number of rotatable bonds is 2. The van der Waals surface area contributed by atoms with Crippen LogP contribution in [0.3, 0.4) is 0 Å². The summed E-state index contributed by atoms with van der Waals surface area (Å²) in [5, 5.41) is 0.887. The first-order chi connectivity index (χ1) is 6.47. The number of primary amides is 1. The number of alkyl halides is 1. The molecule has 14 heavy (non-hydrogen) atoms. The third-order valence-corrected chi connectivity index (χ3v) is 5.60. The highest BCUT2D eigenvalue weighted by atomic mass is 79.9. The highest BCUT2D eigenvalue weighted by molar-refractivity contribution is 9.09. The molecule has 2 aliphatic carbocycles. The number of hydrogen-bond acceptors (Lipinski definition) is 1. The van der Waals surface area contributed by atoms with Gasteiger partial charge in [0.1, 0.15) is 0 Å². The maximum Gasteiger partial charge on any atom is 0.227 e. The third-order valence-electron chi connectivity index (χ3n) is 4.43. The van der Waals surface area contributed by atoms with E-state index in [4.69, 9.17) is 5.73 Å². The summed E-state index contributed by atoms with van der Waals surface area (Å²) in [7, 11) is 0. The van der Waals surface area contributed by atoms with Gasteiger partial charge in [-0.2, -0.15) is 0 Å². The van der Waals surface area contributed by atoms with Gasteiger partial charge in [0.15, 0.2) is 0 Å². The fourth-order valence-electron chi connectivity index (χ4n) is 3.22. The van der Waals surface area contributed by atoms with Crippen LogP contribution >= 0.6 is 15.9 Å². The molecule has 2 fully saturated rings. The van der Waals surface area contributed by atoms with E-state index in [1.54, 1.807) is 0 Å². The van der Waals surface area contributed by atoms with Gasteiger partial charge in [-0.15, -0.1) is 0 Å². The molecule has 1 amide bonds. The average molecular weight is 258 g/mol. The van der Waals surface area contributed by atoms with Crippen LogP contribution in [0.4, 0.5) is 0 Å². The fourth-order valence-corrected chi connectivity index (χ4v) is 4.01. The SMILES string of the molecule is C=C1[C@@]2(C(N)=O)CC[C@@H](C2)[C@@]1(C)CBr. The van der Waals surface area contributed by atoms with Gasteiger partial charge in [-0.25, -0.2) is 0 Å². The molecule has 2 bridgehead atoms. The fraction of sp³-hybridized carbons (Fsp3) is 0.727. The van der Waals surface area contributed by atoms with E-state index in [2.05, 4.69) is 29.4 Å². The van der Waals surface area contributed by atoms with E-state index in [9.17, 15) is 4.79 Å². The molecule has 0 radical (unpaired) electrons. The first-order valence-electron chi connectivity index (χ1n) is 5.03. The van der Waals surface area contributed by atoms with Crippen LogP contribution in [0.25, 0.3) is 0 Å². The van der Waals surface area contributed by atoms with Crippen molar-refractivity contribution in [2.75, 3.05) is 5.33 Å². The van der Waals surface area contributed by atoms with Crippen LogP contribution < -0.4 is 5.73 Å². The minimum Gasteiger partial charge on any atom is -0.369 e. The Hall–Kier alpha value is -0.310. The normalized spacial score (nSPS) is 45.9. The van der Waals surface area contributed by atoms with Crippen molar-refractivity contribution >= 4 is 21.8 Å². The molecule has 3 atom stereocenters. The second-order valence-electron chi connectivity index (χ2n) is 4.92. The molecule has 0 unspecified atom stereocenters. The summed E-state index contributed by atoms with van der Waals surface area (Å²) in [6, 6.07) is 0. The Morgan fingerprint density at radius 3 is 2.79 bits per heavy atom. The second-order valence-corrected chi connectivity index (χ2v) is 5.48. The highest BCUT2D eigenvalue weighted by Gasteiger charge is 2.61. The number of fused-ring (bicyclic) bond motifs is 2. The maximum absolute atomic E-state index is 11.5. The van der Waals surface area contributed by atoms with Gasteiger partial charge in [-0.05, 0) is 25.2 Å². The Morgan fingerprint density at radius 2 is 2.43 bits per heavy atom. The topological polar surface area (TPSA) is 43.1 Å². The number of halogens is 1. The number of carbonyl (C=O) groups is 1. The Labute approximate surface area is 93.1 Å². The predicted octanol–water partition coefficient (Wildman–Crippen LogP) is 2.23. The lowest BCUT2D eigenvalue weighted by atomic mass is 9.68. The molecular formula is C11H16BrNO. The van der Waals surface area contributed by atoms with Gasteiger partial charge >= 0.3 is 0 Å². The largest absolute Gasteiger partial charge is 0.369 e. The second kappa shape index (κ2) is 2.84. The molecule has 2 aliphatic rings. The van der Waals surface area contributed by atoms with Crippen molar-refractivity contribution < 1.29 is 4.79 Å². The average Bonchev–Trinajstić information content (AvgIpc) is 2.67. The summed E-state index contributed by atoms with van der Waals surface area (Å²) in [5.41, 5.74) is 6.28. The monoisotopic (exact) mass is 257 g/mol. The minimum atomic E-state index is -0.382. The lowest BCUT2D eigenvalue weighted by Crippen LogP contribution is -2.39. The molecule has 0 spiro atoms. The van der Waals surface area contributed by atoms with E-state index in [1.807, 2.05) is 0 Å². The van der Waals surface area contributed by atoms with Crippen molar-refractivity contribution in [1.82, 2.24) is 0 Å². The van der Waals surface area contributed by atoms with Crippen LogP contribution in [0.2, 0.25) is 0 Å². The number of nitrogens with two attached hydrogens (primary N) is 1. The number of carbonyl (C=O) groups excluding carboxylic acids is 1. The van der Waals surface area contributed by atoms with Crippen LogP contribution in [0.15, 0.2) is 12.2 Å². The van der Waals surface area contributed by atoms with Gasteiger partial charge in [0.2, 0.25) is 5.91 Å². The van der Waals surface area contributed by atoms with Gasteiger partial charge in [-0.1, -0.05) is 35.0 Å². The van der Waals surface area contributed by atoms with Gasteiger partial charge in [0.25, 0.3) is 0 Å². The molecular weight excluding hydrogens is 242 g/mol. The molecule has 0 heterocycles. The molecule has 0 saturated heterocycles. The predicted molar refractivity (Wildman–Crippen MR) is 60.0 cm³/mol. The zero-order valence-corrected chi connectivity index (χ0v) is 10.1. The quantitative estimate of drug-likeness (QED) is 0.599. The molecule has 0 aliphatic heterocycles. The van der Waals surface area contributed by atoms with E-state index in [0.717, 1.165) is 30.2 Å². The van der Waals surface area contributed by atoms with Gasteiger partial charge in [-0.3, -0.25) is 4.79 Å². The van der Waals surface area contributed by atoms with Crippen molar-refractivity contribution in [1.29, 1.82) is 0 Å². The van der Waals surface area contributed by atoms with E-state index < -0.39 is 0 Å². The van der Waals surface area contributed by atoms with Crippen molar-refractivity contribution in [3.05, 3.63) is 12.2 Å². The Bertz CT molecular complexity index is 314. The summed E-state index contributed by atoms with van der Waals surface area (Å²) in [5.74, 6) is 0.413. The molecule has 78 valence electrons. The van der Waals surface area contributed by atoms with Crippen molar-refractivity contribution in [3.8, 4) is 0 Å². The summed E-state index contributed by atoms with van der Waals surface area (Å²) in [6.07, 6.45) is 2.95. The Balaban J connectivity index is 2.44. The first-order valence-corrected chi connectivity index (χ1v) is 6.15. The van der Waals surface area contributed by atoms with Crippen LogP contribution in [-0.4, -0.2) is 11.2 Å². The molecule has 2 N–H and O–H groups in total. The van der Waals surface area contributed by atoms with Crippen molar-refractivity contribution in [2.24, 2.45) is 22.5 Å². The van der Waals surface area contributed by atoms with Gasteiger partial charge < -0.3 is 5.73 Å². The molecule has 0 aromatic rings. The van der Waals surface area contributed by atoms with Crippen LogP contribution in [0.1, 0.15) is 26.2 Å². The smallest absolute Gasteiger partial charge is 0.227 e. The molecule has 2 saturated carbocycles. The van der Waals surface area contributed by atoms with E-state index in [-0.39, 0.29) is 16.7 Å². The zero-order chi connectivity index (χ0) is 10.6. The highest BCUT2D eigenvalue weighted by Crippen LogP contribution is 2.65. The molecule has 0 aromatic carbocycles. The lowest BCUT2D eigenvalue weighted by Gasteiger charge is -2.37. The zero-order valence-electron chi connectivity index (χ0n) is 8.48. The van der Waals surface area contributed by atoms with Crippen molar-refractivity contribution in [2.45, 2.75) is 26.2 Å². The summed E-state index contributed by atoms with van der Waals surface area (Å²) in [4.78, 5) is 11.5. The Morgan fingerprint density at radius 1 is 1.79 bits per heavy atom. The summed E-state index contributed by atoms with van der Waals surface area (Å²) in [6.45, 7) is 6.32. The Kier molecular flexibility index (Phi) is 2.08. The minimum absolute atomic E-state index is 0.0767. The first kappa shape index (κ1) is 10.2. The number of hydrogen-bond donors (Lipinski definition) is 1. The van der Waals surface area contributed by atoms with Crippen LogP contribution in [-0.2, 0) is 4.79 Å². The standard InChI is InChI=1S/C11H16BrNO/c1-7-10(2,6-12)8-3-4-11(7,5-8)9(13)14/h8H,1,3-6H2,2H3,(H2,13,14)/t8-,10-,11+/m0/s1. The van der Waals surface area contributed by atoms with Crippen LogP contribution in [0, 0.1) is 16.7 Å². The molecule has 2 nitrogen and oxygen atoms in total. The molecule has 0 aromatic heterocycles. The van der Waals surface area contributed by atoms with Gasteiger partial charge in [0, 0.05) is 10.7 Å². The maximum atomic E-state index is 11.5. The number of amides is 1. The summed E-state index contributed by atoms with van der Waals surface area (Å²) < 4.78 is 0. The molecule has 2 rings (SSSR count). The van der Waals surface area contributed by atoms with E-state index in [0.29, 0.717) is 5.92 Å². The lowest BCUT2D eigenvalue weighted by molar-refractivity contribution is -0.125. The van der Waals surface area contributed by atoms with Gasteiger partial charge in [0.05, 0.1) is 5.41 Å². The van der Waals surface area contributed by atoms with E-state index >= 15 is 0 Å². The van der Waals surface area contributed by atoms with Crippen LogP contribution in [0.5, 0.6) is 0 Å².